The molecule has 0 bridgehead atoms. The highest BCUT2D eigenvalue weighted by atomic mass is 32.1. The van der Waals surface area contributed by atoms with Crippen molar-refractivity contribution in [3.63, 3.8) is 0 Å². The molecule has 4 heterocycles. The van der Waals surface area contributed by atoms with Crippen molar-refractivity contribution >= 4 is 128 Å². The molecule has 4 aromatic heterocycles. The van der Waals surface area contributed by atoms with E-state index in [-0.39, 0.29) is 0 Å². The molecule has 0 aliphatic heterocycles. The highest BCUT2D eigenvalue weighted by Gasteiger charge is 2.21. The summed E-state index contributed by atoms with van der Waals surface area (Å²) >= 11 is 3.81. The molecule has 0 saturated carbocycles. The number of aromatic nitrogens is 2. The summed E-state index contributed by atoms with van der Waals surface area (Å²) in [5.41, 5.74) is 4.74. The number of nitrogens with zero attached hydrogens (tertiary/aromatic N) is 2. The van der Waals surface area contributed by atoms with E-state index in [1.165, 1.54) is 105 Å². The van der Waals surface area contributed by atoms with Gasteiger partial charge in [0, 0.05) is 97.8 Å². The van der Waals surface area contributed by atoms with Crippen molar-refractivity contribution in [2.24, 2.45) is 0 Å². The molecule has 2 nitrogen and oxygen atoms in total. The van der Waals surface area contributed by atoms with E-state index in [9.17, 15) is 0 Å². The molecule has 258 valence electrons. The van der Waals surface area contributed by atoms with Crippen LogP contribution in [0.5, 0.6) is 0 Å². The predicted molar refractivity (Wildman–Crippen MR) is 244 cm³/mol. The molecule has 0 fully saturated rings. The summed E-state index contributed by atoms with van der Waals surface area (Å²) in [5.74, 6) is 0. The lowest BCUT2D eigenvalue weighted by Crippen LogP contribution is -1.91. The third-order valence-electron chi connectivity index (χ3n) is 12.0. The molecule has 0 spiro atoms. The first-order chi connectivity index (χ1) is 27.8. The van der Waals surface area contributed by atoms with Crippen LogP contribution >= 0.6 is 22.7 Å². The molecule has 0 aliphatic rings. The molecule has 56 heavy (non-hydrogen) atoms. The third kappa shape index (κ3) is 4.20. The van der Waals surface area contributed by atoms with Gasteiger partial charge in [-0.15, -0.1) is 22.7 Å². The second kappa shape index (κ2) is 11.4. The predicted octanol–water partition coefficient (Wildman–Crippen LogP) is 15.5. The Kier molecular flexibility index (Phi) is 6.23. The lowest BCUT2D eigenvalue weighted by atomic mass is 9.87. The summed E-state index contributed by atoms with van der Waals surface area (Å²) in [5, 5.41) is 20.1. The number of pyridine rings is 2. The number of thiophene rings is 2. The van der Waals surface area contributed by atoms with Gasteiger partial charge in [-0.1, -0.05) is 109 Å². The summed E-state index contributed by atoms with van der Waals surface area (Å²) < 4.78 is 5.28. The van der Waals surface area contributed by atoms with Gasteiger partial charge in [0.25, 0.3) is 0 Å². The van der Waals surface area contributed by atoms with Gasteiger partial charge in [0.1, 0.15) is 0 Å². The Labute approximate surface area is 328 Å². The average molecular weight is 745 g/mol. The van der Waals surface area contributed by atoms with E-state index in [4.69, 9.17) is 9.97 Å². The molecule has 0 unspecified atom stereocenters. The van der Waals surface area contributed by atoms with Crippen molar-refractivity contribution in [2.75, 3.05) is 0 Å². The molecule has 0 amide bonds. The van der Waals surface area contributed by atoms with Crippen LogP contribution in [-0.2, 0) is 0 Å². The molecule has 4 heteroatoms. The van der Waals surface area contributed by atoms with Crippen molar-refractivity contribution in [1.82, 2.24) is 9.97 Å². The Balaban J connectivity index is 1.25. The van der Waals surface area contributed by atoms with E-state index in [2.05, 4.69) is 158 Å². The van der Waals surface area contributed by atoms with Gasteiger partial charge in [-0.3, -0.25) is 9.97 Å². The van der Waals surface area contributed by atoms with Gasteiger partial charge in [0.2, 0.25) is 0 Å². The van der Waals surface area contributed by atoms with Gasteiger partial charge >= 0.3 is 0 Å². The smallest absolute Gasteiger partial charge is 0.0440 e. The standard InChI is InChI=1S/C52H28N2S2/c1-3-11-33-29(9-1)25-53-27-45(33)43-23-31-21-42-32(22-41(31)49-37(43)17-19-39-35-13-5-7-15-47(35)55-51(39)49)24-44(46-28-54-26-30-10-2-4-12-34(30)46)38-18-20-40-36-14-6-8-16-48(36)56-52(40)50(38)42/h1-28H. The maximum absolute atomic E-state index is 4.78. The fourth-order valence-electron chi connectivity index (χ4n) is 9.44. The van der Waals surface area contributed by atoms with Crippen molar-refractivity contribution in [1.29, 1.82) is 0 Å². The van der Waals surface area contributed by atoms with Gasteiger partial charge < -0.3 is 0 Å². The summed E-state index contributed by atoms with van der Waals surface area (Å²) in [6.45, 7) is 0. The lowest BCUT2D eigenvalue weighted by molar-refractivity contribution is 1.36. The van der Waals surface area contributed by atoms with E-state index in [1.54, 1.807) is 0 Å². The van der Waals surface area contributed by atoms with Crippen LogP contribution in [0, 0.1) is 0 Å². The molecule has 0 N–H and O–H groups in total. The lowest BCUT2D eigenvalue weighted by Gasteiger charge is -2.17. The normalized spacial score (nSPS) is 12.3. The fraction of sp³-hybridized carbons (Fsp3) is 0. The van der Waals surface area contributed by atoms with Gasteiger partial charge in [-0.2, -0.15) is 0 Å². The minimum absolute atomic E-state index is 1.15. The molecule has 9 aromatic carbocycles. The molecule has 0 atom stereocenters. The Hall–Kier alpha value is -6.72. The summed E-state index contributed by atoms with van der Waals surface area (Å²) in [7, 11) is 0. The van der Waals surface area contributed by atoms with Gasteiger partial charge in [-0.05, 0) is 90.6 Å². The van der Waals surface area contributed by atoms with Crippen LogP contribution in [0.3, 0.4) is 0 Å². The molecule has 13 aromatic rings. The maximum Gasteiger partial charge on any atom is 0.0440 e. The van der Waals surface area contributed by atoms with E-state index in [0.29, 0.717) is 0 Å². The zero-order valence-electron chi connectivity index (χ0n) is 29.9. The highest BCUT2D eigenvalue weighted by molar-refractivity contribution is 7.27. The highest BCUT2D eigenvalue weighted by Crippen LogP contribution is 2.49. The minimum Gasteiger partial charge on any atom is -0.263 e. The molecule has 13 rings (SSSR count). The van der Waals surface area contributed by atoms with Crippen molar-refractivity contribution in [3.8, 4) is 22.3 Å². The zero-order chi connectivity index (χ0) is 36.5. The van der Waals surface area contributed by atoms with Crippen LogP contribution < -0.4 is 0 Å². The Morgan fingerprint density at radius 2 is 0.696 bits per heavy atom. The third-order valence-corrected chi connectivity index (χ3v) is 14.4. The van der Waals surface area contributed by atoms with Gasteiger partial charge in [0.15, 0.2) is 0 Å². The second-order valence-electron chi connectivity index (χ2n) is 14.9. The van der Waals surface area contributed by atoms with Crippen LogP contribution in [0.4, 0.5) is 0 Å². The van der Waals surface area contributed by atoms with Crippen LogP contribution in [-0.4, -0.2) is 9.97 Å². The van der Waals surface area contributed by atoms with Crippen LogP contribution in [0.2, 0.25) is 0 Å². The summed E-state index contributed by atoms with van der Waals surface area (Å²) in [6, 6.07) is 54.1. The molecular weight excluding hydrogens is 717 g/mol. The monoisotopic (exact) mass is 744 g/mol. The minimum atomic E-state index is 1.15. The zero-order valence-corrected chi connectivity index (χ0v) is 31.5. The number of hydrogen-bond acceptors (Lipinski definition) is 4. The number of benzene rings is 9. The van der Waals surface area contributed by atoms with Crippen molar-refractivity contribution in [2.45, 2.75) is 0 Å². The first-order valence-electron chi connectivity index (χ1n) is 18.9. The number of fused-ring (bicyclic) bond motifs is 16. The van der Waals surface area contributed by atoms with E-state index in [0.717, 1.165) is 21.9 Å². The maximum atomic E-state index is 4.78. The van der Waals surface area contributed by atoms with Gasteiger partial charge in [-0.25, -0.2) is 0 Å². The fourth-order valence-corrected chi connectivity index (χ4v) is 12.0. The topological polar surface area (TPSA) is 25.8 Å². The molecule has 0 radical (unpaired) electrons. The first kappa shape index (κ1) is 30.6. The van der Waals surface area contributed by atoms with Crippen molar-refractivity contribution in [3.05, 3.63) is 170 Å². The Morgan fingerprint density at radius 1 is 0.286 bits per heavy atom. The number of rotatable bonds is 2. The average Bonchev–Trinajstić information content (AvgIpc) is 3.83. The molecule has 0 aliphatic carbocycles. The first-order valence-corrected chi connectivity index (χ1v) is 20.6. The van der Waals surface area contributed by atoms with Crippen LogP contribution in [0.15, 0.2) is 170 Å². The second-order valence-corrected chi connectivity index (χ2v) is 17.0. The largest absolute Gasteiger partial charge is 0.263 e. The quantitative estimate of drug-likeness (QED) is 0.130. The van der Waals surface area contributed by atoms with E-state index in [1.807, 2.05) is 35.1 Å². The van der Waals surface area contributed by atoms with Crippen molar-refractivity contribution < 1.29 is 0 Å². The molecule has 0 saturated heterocycles. The van der Waals surface area contributed by atoms with Crippen LogP contribution in [0.1, 0.15) is 0 Å². The Morgan fingerprint density at radius 3 is 1.18 bits per heavy atom. The Bertz CT molecular complexity index is 3570. The molecular formula is C52H28N2S2. The number of hydrogen-bond donors (Lipinski definition) is 0. The summed E-state index contributed by atoms with van der Waals surface area (Å²) in [4.78, 5) is 9.56. The summed E-state index contributed by atoms with van der Waals surface area (Å²) in [6.07, 6.45) is 8.07. The SMILES string of the molecule is c1ccc2c(-c3cc4cc5c(cc(-c6cncc7ccccc67)c6ccc7c8ccccc8sc7c65)cc4c4c3ccc3c5ccccc5sc34)cncc2c1. The van der Waals surface area contributed by atoms with E-state index >= 15 is 0 Å². The van der Waals surface area contributed by atoms with Gasteiger partial charge in [0.05, 0.1) is 0 Å². The van der Waals surface area contributed by atoms with E-state index < -0.39 is 0 Å². The van der Waals surface area contributed by atoms with Crippen LogP contribution in [0.25, 0.3) is 127 Å².